The van der Waals surface area contributed by atoms with Gasteiger partial charge in [-0.2, -0.15) is 56.3 Å². The number of esters is 1. The van der Waals surface area contributed by atoms with Gasteiger partial charge in [0.2, 0.25) is 0 Å². The number of ether oxygens (including phenoxy) is 1. The van der Waals surface area contributed by atoms with Gasteiger partial charge in [0.15, 0.2) is 20.0 Å². The molecule has 2 aromatic rings. The Kier molecular flexibility index (Phi) is 12.0. The molecule has 0 aliphatic carbocycles. The average Bonchev–Trinajstić information content (AvgIpc) is 2.95. The van der Waals surface area contributed by atoms with Crippen molar-refractivity contribution in [3.63, 3.8) is 0 Å². The summed E-state index contributed by atoms with van der Waals surface area (Å²) in [7, 11) is -27.4. The van der Waals surface area contributed by atoms with Gasteiger partial charge in [0, 0.05) is 0 Å². The molecular weight excluding hydrogens is 781 g/mol. The van der Waals surface area contributed by atoms with Crippen molar-refractivity contribution in [2.75, 3.05) is 12.4 Å². The number of hydrogen-bond acceptors (Lipinski definition) is 12. The summed E-state index contributed by atoms with van der Waals surface area (Å²) in [5.74, 6) is -11.2. The van der Waals surface area contributed by atoms with E-state index in [1.165, 1.54) is 12.1 Å². The van der Waals surface area contributed by atoms with Gasteiger partial charge < -0.3 is 17.2 Å². The Hall–Kier alpha value is -3.36. The fourth-order valence-corrected chi connectivity index (χ4v) is 7.08. The molecule has 2 rings (SSSR count). The summed E-state index contributed by atoms with van der Waals surface area (Å²) in [6, 6.07) is 7.66. The maximum Gasteiger partial charge on any atom is 0.480 e. The molecule has 0 saturated carbocycles. The number of sulfonamides is 2. The monoisotopic (exact) mass is 802 g/mol. The Morgan fingerprint density at radius 2 is 1.18 bits per heavy atom. The second-order valence-corrected chi connectivity index (χ2v) is 16.2. The number of alkyl halides is 9. The summed E-state index contributed by atoms with van der Waals surface area (Å²) < 4.78 is 228. The van der Waals surface area contributed by atoms with Crippen LogP contribution in [0.5, 0.6) is 11.5 Å². The minimum absolute atomic E-state index is 0.0537. The third-order valence-corrected chi connectivity index (χ3v) is 11.5. The van der Waals surface area contributed by atoms with E-state index in [9.17, 15) is 78.0 Å². The quantitative estimate of drug-likeness (QED) is 0.127. The highest BCUT2D eigenvalue weighted by molar-refractivity contribution is 8.13. The molecule has 26 heteroatoms. The number of nitrogens with zero attached hydrogens (tertiary/aromatic N) is 1. The first kappa shape index (κ1) is 41.8. The van der Waals surface area contributed by atoms with E-state index in [1.807, 2.05) is 13.8 Å². The van der Waals surface area contributed by atoms with E-state index in [0.717, 1.165) is 12.0 Å². The van der Waals surface area contributed by atoms with Crippen LogP contribution in [0.4, 0.5) is 39.5 Å². The van der Waals surface area contributed by atoms with Crippen LogP contribution in [-0.4, -0.2) is 73.9 Å². The summed E-state index contributed by atoms with van der Waals surface area (Å²) in [5.41, 5.74) is -6.45. The molecule has 13 nitrogen and oxygen atoms in total. The van der Waals surface area contributed by atoms with Gasteiger partial charge in [-0.3, -0.25) is 0 Å². The van der Waals surface area contributed by atoms with E-state index in [2.05, 4.69) is 4.18 Å². The first-order chi connectivity index (χ1) is 21.9. The van der Waals surface area contributed by atoms with E-state index in [1.54, 1.807) is 12.1 Å². The molecule has 1 atom stereocenters. The average molecular weight is 803 g/mol. The van der Waals surface area contributed by atoms with Crippen LogP contribution >= 0.6 is 0 Å². The molecule has 2 aromatic carbocycles. The second kappa shape index (κ2) is 14.1. The van der Waals surface area contributed by atoms with Gasteiger partial charge >= 0.3 is 48.1 Å². The van der Waals surface area contributed by atoms with E-state index in [4.69, 9.17) is 8.92 Å². The lowest BCUT2D eigenvalue weighted by Crippen LogP contribution is -2.61. The van der Waals surface area contributed by atoms with Crippen molar-refractivity contribution in [3.05, 3.63) is 63.8 Å². The van der Waals surface area contributed by atoms with Crippen LogP contribution in [-0.2, 0) is 45.0 Å². The van der Waals surface area contributed by atoms with Gasteiger partial charge in [-0.1, -0.05) is 26.0 Å². The number of rotatable bonds is 16. The van der Waals surface area contributed by atoms with Gasteiger partial charge in [0.25, 0.3) is 0 Å². The third kappa shape index (κ3) is 9.06. The zero-order valence-corrected chi connectivity index (χ0v) is 27.5. The predicted octanol–water partition coefficient (Wildman–Crippen LogP) is 4.85. The molecule has 0 aliphatic rings. The number of carbonyl (C=O) groups excluding carboxylic acids is 1. The van der Waals surface area contributed by atoms with Gasteiger partial charge in [-0.25, -0.2) is 21.6 Å². The first-order valence-electron chi connectivity index (χ1n) is 12.6. The van der Waals surface area contributed by atoms with E-state index < -0.39 is 91.9 Å². The Labute approximate surface area is 272 Å². The van der Waals surface area contributed by atoms with Crippen LogP contribution in [0.2, 0.25) is 0 Å². The van der Waals surface area contributed by atoms with E-state index >= 15 is 0 Å². The molecule has 0 heterocycles. The highest BCUT2D eigenvalue weighted by Crippen LogP contribution is 2.53. The van der Waals surface area contributed by atoms with Gasteiger partial charge in [0.05, 0.1) is 5.56 Å². The Morgan fingerprint density at radius 1 is 0.714 bits per heavy atom. The molecular formula is C23H21F9NO12S4-. The number of benzene rings is 2. The second-order valence-electron chi connectivity index (χ2n) is 9.50. The summed E-state index contributed by atoms with van der Waals surface area (Å²) >= 11 is 0. The van der Waals surface area contributed by atoms with Gasteiger partial charge in [-0.05, 0) is 54.3 Å². The maximum atomic E-state index is 14.2. The van der Waals surface area contributed by atoms with Crippen molar-refractivity contribution in [3.8, 4) is 11.5 Å². The first-order valence-corrected chi connectivity index (χ1v) is 18.5. The van der Waals surface area contributed by atoms with Crippen LogP contribution in [0.3, 0.4) is 0 Å². The highest BCUT2D eigenvalue weighted by atomic mass is 32.3. The normalized spacial score (nSPS) is 14.6. The van der Waals surface area contributed by atoms with Crippen LogP contribution in [0.15, 0.2) is 48.5 Å². The smallest absolute Gasteiger partial charge is 0.461 e. The molecule has 0 amide bonds. The molecule has 0 saturated heterocycles. The van der Waals surface area contributed by atoms with Crippen molar-refractivity contribution in [1.29, 1.82) is 0 Å². The molecule has 0 N–H and O–H groups in total. The van der Waals surface area contributed by atoms with Gasteiger partial charge in [0.1, 0.15) is 23.9 Å². The lowest BCUT2D eigenvalue weighted by atomic mass is 9.99. The van der Waals surface area contributed by atoms with Crippen molar-refractivity contribution < 1.29 is 91.1 Å². The topological polar surface area (TPSA) is 195 Å². The zero-order chi connectivity index (χ0) is 38.1. The predicted molar refractivity (Wildman–Crippen MR) is 148 cm³/mol. The van der Waals surface area contributed by atoms with E-state index in [0.29, 0.717) is 16.3 Å². The molecule has 0 aliphatic heterocycles. The molecule has 278 valence electrons. The SMILES string of the molecule is CCC(C)c1ccc(OS(=O)(=O)CCOC(=O)c2ccc(OS(=O)(=O)C(F)(F)C(F)(F)C(F)(F)S(=O)(=O)[N-]S(=O)(=O)C(F)(F)F)cc2)cc1. The largest absolute Gasteiger partial charge is 0.480 e. The molecule has 0 bridgehead atoms. The van der Waals surface area contributed by atoms with Crippen LogP contribution in [0.1, 0.15) is 42.1 Å². The minimum Gasteiger partial charge on any atom is -0.461 e. The maximum absolute atomic E-state index is 14.2. The molecule has 1 unspecified atom stereocenters. The van der Waals surface area contributed by atoms with Gasteiger partial charge in [-0.15, -0.1) is 0 Å². The number of carbonyl (C=O) groups is 1. The lowest BCUT2D eigenvalue weighted by Gasteiger charge is -2.35. The van der Waals surface area contributed by atoms with Crippen molar-refractivity contribution >= 4 is 46.3 Å². The molecule has 0 spiro atoms. The minimum atomic E-state index is -8.09. The summed E-state index contributed by atoms with van der Waals surface area (Å²) in [5, 5.41) is -14.9. The molecule has 49 heavy (non-hydrogen) atoms. The fourth-order valence-electron chi connectivity index (χ4n) is 3.13. The Balaban J connectivity index is 2.12. The Bertz CT molecular complexity index is 1950. The van der Waals surface area contributed by atoms with E-state index in [-0.39, 0.29) is 23.8 Å². The standard InChI is InChI=1S/C23H21F9NO12S4/c1-3-14(2)15-4-8-17(9-5-15)44-46(35,36)13-12-43-19(34)16-6-10-18(11-7-16)45-49(41,42)22(28,29)20(24,25)21(26,27)47(37,38)33-48(39,40)23(30,31)32/h4-11,14H,3,12-13H2,1-2H3/q-1. The summed E-state index contributed by atoms with van der Waals surface area (Å²) in [6.07, 6.45) is 0.817. The zero-order valence-electron chi connectivity index (χ0n) is 24.2. The molecule has 0 aromatic heterocycles. The molecule has 0 radical (unpaired) electrons. The van der Waals surface area contributed by atoms with Crippen molar-refractivity contribution in [2.45, 2.75) is 48.1 Å². The van der Waals surface area contributed by atoms with Crippen LogP contribution in [0.25, 0.3) is 4.13 Å². The fraction of sp³-hybridized carbons (Fsp3) is 0.435. The van der Waals surface area contributed by atoms with Crippen molar-refractivity contribution in [2.24, 2.45) is 0 Å². The summed E-state index contributed by atoms with van der Waals surface area (Å²) in [6.45, 7) is 3.06. The van der Waals surface area contributed by atoms with Crippen molar-refractivity contribution in [1.82, 2.24) is 0 Å². The lowest BCUT2D eigenvalue weighted by molar-refractivity contribution is -0.245. The third-order valence-electron chi connectivity index (χ3n) is 6.00. The Morgan fingerprint density at radius 3 is 1.65 bits per heavy atom. The molecule has 0 fully saturated rings. The highest BCUT2D eigenvalue weighted by Gasteiger charge is 2.81. The number of halogens is 9. The number of hydrogen-bond donors (Lipinski definition) is 0. The van der Waals surface area contributed by atoms with Crippen LogP contribution in [0, 0.1) is 0 Å². The van der Waals surface area contributed by atoms with Crippen LogP contribution < -0.4 is 8.37 Å². The summed E-state index contributed by atoms with van der Waals surface area (Å²) in [4.78, 5) is 12.2.